The number of benzene rings is 2. The molecule has 6 nitrogen and oxygen atoms in total. The molecule has 0 spiro atoms. The first-order chi connectivity index (χ1) is 14.9. The average molecular weight is 429 g/mol. The predicted molar refractivity (Wildman–Crippen MR) is 108 cm³/mol. The summed E-state index contributed by atoms with van der Waals surface area (Å²) < 4.78 is 41.1. The molecule has 160 valence electrons. The molecule has 0 bridgehead atoms. The Morgan fingerprint density at radius 3 is 2.84 bits per heavy atom. The van der Waals surface area contributed by atoms with Gasteiger partial charge in [-0.05, 0) is 29.1 Å². The van der Waals surface area contributed by atoms with Crippen LogP contribution in [-0.4, -0.2) is 35.6 Å². The molecule has 1 unspecified atom stereocenters. The predicted octanol–water partition coefficient (Wildman–Crippen LogP) is 4.25. The largest absolute Gasteiger partial charge is 0.573 e. The standard InChI is InChI=1S/C22H18F3N3O3/c23-22(24,25)30-17-6-3-4-14(10-17)11-18-12-16(28-31-18)13-27-21(29)20-19-7-2-1-5-15(19)8-9-26-20/h1-10,18H,11-13H2,(H,27,29). The van der Waals surface area contributed by atoms with E-state index in [1.54, 1.807) is 12.3 Å². The van der Waals surface area contributed by atoms with Gasteiger partial charge in [0.1, 0.15) is 17.5 Å². The summed E-state index contributed by atoms with van der Waals surface area (Å²) in [5, 5.41) is 8.46. The third kappa shape index (κ3) is 5.30. The molecular weight excluding hydrogens is 411 g/mol. The van der Waals surface area contributed by atoms with Gasteiger partial charge in [0.25, 0.3) is 5.91 Å². The molecule has 2 heterocycles. The number of carbonyl (C=O) groups excluding carboxylic acids is 1. The quantitative estimate of drug-likeness (QED) is 0.636. The van der Waals surface area contributed by atoms with Gasteiger partial charge in [0, 0.05) is 24.4 Å². The highest BCUT2D eigenvalue weighted by Gasteiger charge is 2.31. The van der Waals surface area contributed by atoms with Gasteiger partial charge in [-0.1, -0.05) is 41.6 Å². The fourth-order valence-electron chi connectivity index (χ4n) is 3.40. The van der Waals surface area contributed by atoms with E-state index in [1.807, 2.05) is 30.3 Å². The van der Waals surface area contributed by atoms with E-state index < -0.39 is 6.36 Å². The summed E-state index contributed by atoms with van der Waals surface area (Å²) in [4.78, 5) is 22.1. The summed E-state index contributed by atoms with van der Waals surface area (Å²) in [7, 11) is 0. The number of nitrogens with zero attached hydrogens (tertiary/aromatic N) is 2. The minimum atomic E-state index is -4.74. The van der Waals surface area contributed by atoms with Gasteiger partial charge in [0.15, 0.2) is 0 Å². The highest BCUT2D eigenvalue weighted by molar-refractivity contribution is 6.06. The van der Waals surface area contributed by atoms with E-state index in [9.17, 15) is 18.0 Å². The molecule has 1 N–H and O–H groups in total. The number of nitrogens with one attached hydrogen (secondary N) is 1. The first-order valence-electron chi connectivity index (χ1n) is 9.55. The molecule has 1 aromatic heterocycles. The maximum absolute atomic E-state index is 12.6. The summed E-state index contributed by atoms with van der Waals surface area (Å²) in [5.41, 5.74) is 1.60. The Balaban J connectivity index is 1.31. The van der Waals surface area contributed by atoms with Crippen molar-refractivity contribution in [2.75, 3.05) is 6.54 Å². The van der Waals surface area contributed by atoms with E-state index in [2.05, 4.69) is 20.2 Å². The molecule has 0 aliphatic carbocycles. The Morgan fingerprint density at radius 2 is 2.00 bits per heavy atom. The maximum atomic E-state index is 12.6. The number of halogens is 3. The second-order valence-electron chi connectivity index (χ2n) is 7.05. The second-order valence-corrected chi connectivity index (χ2v) is 7.05. The van der Waals surface area contributed by atoms with Crippen molar-refractivity contribution in [1.29, 1.82) is 0 Å². The van der Waals surface area contributed by atoms with Crippen LogP contribution < -0.4 is 10.1 Å². The Kier molecular flexibility index (Phi) is 5.75. The van der Waals surface area contributed by atoms with E-state index >= 15 is 0 Å². The topological polar surface area (TPSA) is 72.8 Å². The fraction of sp³-hybridized carbons (Fsp3) is 0.227. The van der Waals surface area contributed by atoms with Crippen molar-refractivity contribution in [2.24, 2.45) is 5.16 Å². The van der Waals surface area contributed by atoms with Crippen LogP contribution in [0.5, 0.6) is 5.75 Å². The molecule has 1 aliphatic rings. The maximum Gasteiger partial charge on any atom is 0.573 e. The molecule has 3 aromatic rings. The molecule has 31 heavy (non-hydrogen) atoms. The SMILES string of the molecule is O=C(NCC1=NOC(Cc2cccc(OC(F)(F)F)c2)C1)c1nccc2ccccc12. The monoisotopic (exact) mass is 429 g/mol. The normalized spacial score (nSPS) is 16.0. The number of hydrogen-bond donors (Lipinski definition) is 1. The average Bonchev–Trinajstić information content (AvgIpc) is 3.18. The van der Waals surface area contributed by atoms with Gasteiger partial charge in [0.2, 0.25) is 0 Å². The molecular formula is C22H18F3N3O3. The number of oxime groups is 1. The summed E-state index contributed by atoms with van der Waals surface area (Å²) in [6.07, 6.45) is -2.67. The number of alkyl halides is 3. The Hall–Kier alpha value is -3.62. The minimum Gasteiger partial charge on any atom is -0.406 e. The van der Waals surface area contributed by atoms with Crippen LogP contribution >= 0.6 is 0 Å². The zero-order chi connectivity index (χ0) is 21.8. The molecule has 9 heteroatoms. The highest BCUT2D eigenvalue weighted by atomic mass is 19.4. The number of carbonyl (C=O) groups is 1. The van der Waals surface area contributed by atoms with Crippen molar-refractivity contribution in [3.05, 3.63) is 72.1 Å². The van der Waals surface area contributed by atoms with Crippen LogP contribution in [0.15, 0.2) is 65.9 Å². The molecule has 0 saturated carbocycles. The van der Waals surface area contributed by atoms with E-state index in [-0.39, 0.29) is 24.3 Å². The lowest BCUT2D eigenvalue weighted by Gasteiger charge is -2.12. The molecule has 1 aliphatic heterocycles. The van der Waals surface area contributed by atoms with Crippen LogP contribution in [0.1, 0.15) is 22.5 Å². The number of fused-ring (bicyclic) bond motifs is 1. The molecule has 0 fully saturated rings. The van der Waals surface area contributed by atoms with Gasteiger partial charge < -0.3 is 14.9 Å². The van der Waals surface area contributed by atoms with Gasteiger partial charge in [-0.3, -0.25) is 9.78 Å². The first kappa shape index (κ1) is 20.6. The number of hydrogen-bond acceptors (Lipinski definition) is 5. The van der Waals surface area contributed by atoms with E-state index in [1.165, 1.54) is 18.2 Å². The van der Waals surface area contributed by atoms with Gasteiger partial charge >= 0.3 is 6.36 Å². The zero-order valence-electron chi connectivity index (χ0n) is 16.2. The van der Waals surface area contributed by atoms with Crippen LogP contribution in [0.3, 0.4) is 0 Å². The van der Waals surface area contributed by atoms with E-state index in [0.717, 1.165) is 10.8 Å². The van der Waals surface area contributed by atoms with Crippen molar-refractivity contribution in [2.45, 2.75) is 25.3 Å². The summed E-state index contributed by atoms with van der Waals surface area (Å²) in [5.74, 6) is -0.598. The lowest BCUT2D eigenvalue weighted by molar-refractivity contribution is -0.274. The lowest BCUT2D eigenvalue weighted by atomic mass is 10.0. The fourth-order valence-corrected chi connectivity index (χ4v) is 3.40. The first-order valence-corrected chi connectivity index (χ1v) is 9.55. The molecule has 1 atom stereocenters. The van der Waals surface area contributed by atoms with Crippen molar-refractivity contribution < 1.29 is 27.5 Å². The van der Waals surface area contributed by atoms with Gasteiger partial charge in [-0.2, -0.15) is 0 Å². The summed E-state index contributed by atoms with van der Waals surface area (Å²) >= 11 is 0. The lowest BCUT2D eigenvalue weighted by Crippen LogP contribution is -2.30. The number of ether oxygens (including phenoxy) is 1. The molecule has 0 saturated heterocycles. The third-order valence-corrected chi connectivity index (χ3v) is 4.73. The zero-order valence-corrected chi connectivity index (χ0v) is 16.2. The summed E-state index contributed by atoms with van der Waals surface area (Å²) in [6.45, 7) is 0.192. The van der Waals surface area contributed by atoms with E-state index in [0.29, 0.717) is 29.8 Å². The van der Waals surface area contributed by atoms with E-state index in [4.69, 9.17) is 4.84 Å². The Labute approximate surface area is 175 Å². The number of aromatic nitrogens is 1. The van der Waals surface area contributed by atoms with Crippen molar-refractivity contribution in [3.8, 4) is 5.75 Å². The third-order valence-electron chi connectivity index (χ3n) is 4.73. The van der Waals surface area contributed by atoms with Crippen molar-refractivity contribution in [1.82, 2.24) is 10.3 Å². The smallest absolute Gasteiger partial charge is 0.406 e. The number of rotatable bonds is 6. The van der Waals surface area contributed by atoms with Crippen LogP contribution in [-0.2, 0) is 11.3 Å². The minimum absolute atomic E-state index is 0.192. The van der Waals surface area contributed by atoms with Crippen molar-refractivity contribution >= 4 is 22.4 Å². The number of pyridine rings is 1. The van der Waals surface area contributed by atoms with Gasteiger partial charge in [-0.15, -0.1) is 13.2 Å². The summed E-state index contributed by atoms with van der Waals surface area (Å²) in [6, 6.07) is 15.0. The van der Waals surface area contributed by atoms with Gasteiger partial charge in [0.05, 0.1) is 12.3 Å². The molecule has 4 rings (SSSR count). The van der Waals surface area contributed by atoms with Crippen LogP contribution in [0, 0.1) is 0 Å². The van der Waals surface area contributed by atoms with Crippen LogP contribution in [0.2, 0.25) is 0 Å². The number of amides is 1. The molecule has 0 radical (unpaired) electrons. The Bertz CT molecular complexity index is 1130. The molecule has 1 amide bonds. The van der Waals surface area contributed by atoms with Gasteiger partial charge in [-0.25, -0.2) is 0 Å². The second kappa shape index (κ2) is 8.63. The molecule has 2 aromatic carbocycles. The van der Waals surface area contributed by atoms with Crippen molar-refractivity contribution in [3.63, 3.8) is 0 Å². The highest BCUT2D eigenvalue weighted by Crippen LogP contribution is 2.25. The Morgan fingerprint density at radius 1 is 1.16 bits per heavy atom. The van der Waals surface area contributed by atoms with Crippen LogP contribution in [0.4, 0.5) is 13.2 Å². The van der Waals surface area contributed by atoms with Crippen LogP contribution in [0.25, 0.3) is 10.8 Å².